The van der Waals surface area contributed by atoms with Crippen molar-refractivity contribution in [3.05, 3.63) is 41.9 Å². The molecule has 1 saturated carbocycles. The Kier molecular flexibility index (Phi) is 4.82. The highest BCUT2D eigenvalue weighted by Crippen LogP contribution is 2.54. The van der Waals surface area contributed by atoms with Gasteiger partial charge in [-0.2, -0.15) is 13.2 Å². The third kappa shape index (κ3) is 3.06. The quantitative estimate of drug-likeness (QED) is 0.699. The zero-order chi connectivity index (χ0) is 21.8. The van der Waals surface area contributed by atoms with Gasteiger partial charge < -0.3 is 14.7 Å². The van der Waals surface area contributed by atoms with Crippen LogP contribution >= 0.6 is 0 Å². The molecule has 3 aliphatic rings. The Morgan fingerprint density at radius 1 is 1.27 bits per heavy atom. The normalized spacial score (nSPS) is 22.9. The van der Waals surface area contributed by atoms with Gasteiger partial charge in [0, 0.05) is 37.8 Å². The molecule has 2 heterocycles. The molecule has 0 bridgehead atoms. The molecule has 1 aromatic carbocycles. The summed E-state index contributed by atoms with van der Waals surface area (Å²) in [5.41, 5.74) is -0.0207. The summed E-state index contributed by atoms with van der Waals surface area (Å²) < 4.78 is 55.7. The van der Waals surface area contributed by atoms with Crippen molar-refractivity contribution in [1.82, 2.24) is 9.80 Å². The highest BCUT2D eigenvalue weighted by molar-refractivity contribution is 6.09. The van der Waals surface area contributed by atoms with Crippen LogP contribution in [0.1, 0.15) is 31.7 Å². The number of amides is 2. The number of carbonyl (C=O) groups is 2. The van der Waals surface area contributed by atoms with Gasteiger partial charge in [-0.15, -0.1) is 0 Å². The van der Waals surface area contributed by atoms with E-state index in [0.717, 1.165) is 16.2 Å². The minimum atomic E-state index is -4.56. The van der Waals surface area contributed by atoms with Crippen LogP contribution in [0.2, 0.25) is 0 Å². The van der Waals surface area contributed by atoms with E-state index in [-0.39, 0.29) is 31.2 Å². The molecule has 1 aliphatic carbocycles. The maximum Gasteiger partial charge on any atom is 0.410 e. The molecule has 2 amide bonds. The number of hydrogen-bond donors (Lipinski definition) is 0. The van der Waals surface area contributed by atoms with Crippen LogP contribution in [0, 0.1) is 5.82 Å². The van der Waals surface area contributed by atoms with Crippen LogP contribution in [-0.2, 0) is 15.0 Å². The van der Waals surface area contributed by atoms with E-state index in [1.165, 1.54) is 24.0 Å². The number of anilines is 1. The largest absolute Gasteiger partial charge is 0.410 e. The number of benzene rings is 1. The number of nitrogens with zero attached hydrogens (tertiary/aromatic N) is 3. The lowest BCUT2D eigenvalue weighted by Gasteiger charge is -2.44. The van der Waals surface area contributed by atoms with Gasteiger partial charge in [-0.25, -0.2) is 4.39 Å². The lowest BCUT2D eigenvalue weighted by molar-refractivity contribution is -0.192. The fourth-order valence-electron chi connectivity index (χ4n) is 4.84. The smallest absolute Gasteiger partial charge is 0.359 e. The number of halogens is 4. The first-order valence-electron chi connectivity index (χ1n) is 9.94. The molecule has 5 nitrogen and oxygen atoms in total. The summed E-state index contributed by atoms with van der Waals surface area (Å²) in [5, 5.41) is 0. The van der Waals surface area contributed by atoms with Crippen LogP contribution in [0.25, 0.3) is 0 Å². The highest BCUT2D eigenvalue weighted by atomic mass is 19.4. The predicted molar refractivity (Wildman–Crippen MR) is 102 cm³/mol. The molecule has 4 rings (SSSR count). The highest BCUT2D eigenvalue weighted by Gasteiger charge is 2.56. The van der Waals surface area contributed by atoms with Crippen LogP contribution in [0.15, 0.2) is 30.5 Å². The van der Waals surface area contributed by atoms with Crippen molar-refractivity contribution in [1.29, 1.82) is 0 Å². The summed E-state index contributed by atoms with van der Waals surface area (Å²) in [7, 11) is 0. The standard InChI is InChI=1S/C21H23F4N3O2/c1-13(27-10-9-26(14(2)29)12-17(27)21(23,24)25)11-28-16-6-3-5-15(22)18(16)20(19(28)30)7-4-8-20/h3,5-6,17H,1,4,7-12H2,2H3/t17-/m0/s1. The summed E-state index contributed by atoms with van der Waals surface area (Å²) in [6.07, 6.45) is -2.70. The second-order valence-electron chi connectivity index (χ2n) is 8.24. The minimum Gasteiger partial charge on any atom is -0.359 e. The van der Waals surface area contributed by atoms with Crippen molar-refractivity contribution < 1.29 is 27.2 Å². The Balaban J connectivity index is 1.60. The van der Waals surface area contributed by atoms with Gasteiger partial charge in [0.2, 0.25) is 11.8 Å². The van der Waals surface area contributed by atoms with Gasteiger partial charge in [0.05, 0.1) is 17.6 Å². The second kappa shape index (κ2) is 6.99. The Morgan fingerprint density at radius 3 is 2.53 bits per heavy atom. The Hall–Kier alpha value is -2.58. The van der Waals surface area contributed by atoms with E-state index in [4.69, 9.17) is 0 Å². The topological polar surface area (TPSA) is 43.9 Å². The molecular weight excluding hydrogens is 402 g/mol. The molecule has 0 aromatic heterocycles. The van der Waals surface area contributed by atoms with E-state index >= 15 is 0 Å². The molecule has 1 aromatic rings. The third-order valence-corrected chi connectivity index (χ3v) is 6.57. The van der Waals surface area contributed by atoms with Gasteiger partial charge in [0.15, 0.2) is 0 Å². The predicted octanol–water partition coefficient (Wildman–Crippen LogP) is 3.20. The second-order valence-corrected chi connectivity index (χ2v) is 8.24. The number of alkyl halides is 3. The monoisotopic (exact) mass is 425 g/mol. The molecular formula is C21H23F4N3O2. The number of rotatable bonds is 3. The Morgan fingerprint density at radius 2 is 1.97 bits per heavy atom. The van der Waals surface area contributed by atoms with Crippen molar-refractivity contribution in [2.24, 2.45) is 0 Å². The van der Waals surface area contributed by atoms with Gasteiger partial charge >= 0.3 is 6.18 Å². The average Bonchev–Trinajstić information content (AvgIpc) is 2.90. The molecule has 162 valence electrons. The number of piperazine rings is 1. The molecule has 30 heavy (non-hydrogen) atoms. The summed E-state index contributed by atoms with van der Waals surface area (Å²) in [6, 6.07) is 2.54. The first kappa shape index (κ1) is 20.7. The molecule has 1 spiro atoms. The maximum atomic E-state index is 14.6. The summed E-state index contributed by atoms with van der Waals surface area (Å²) in [6.45, 7) is 4.54. The molecule has 9 heteroatoms. The van der Waals surface area contributed by atoms with E-state index in [0.29, 0.717) is 24.1 Å². The lowest BCUT2D eigenvalue weighted by atomic mass is 9.65. The maximum absolute atomic E-state index is 14.6. The lowest BCUT2D eigenvalue weighted by Crippen LogP contribution is -2.60. The molecule has 2 fully saturated rings. The van der Waals surface area contributed by atoms with Crippen molar-refractivity contribution in [3.63, 3.8) is 0 Å². The number of hydrogen-bond acceptors (Lipinski definition) is 3. The minimum absolute atomic E-state index is 0.0359. The zero-order valence-electron chi connectivity index (χ0n) is 16.6. The van der Waals surface area contributed by atoms with E-state index < -0.39 is 35.9 Å². The molecule has 0 radical (unpaired) electrons. The molecule has 0 unspecified atom stereocenters. The van der Waals surface area contributed by atoms with E-state index in [1.54, 1.807) is 6.07 Å². The van der Waals surface area contributed by atoms with Gasteiger partial charge in [0.25, 0.3) is 0 Å². The Labute approximate surface area is 171 Å². The third-order valence-electron chi connectivity index (χ3n) is 6.57. The molecule has 1 saturated heterocycles. The van der Waals surface area contributed by atoms with Crippen LogP contribution in [-0.4, -0.2) is 60.0 Å². The van der Waals surface area contributed by atoms with Crippen molar-refractivity contribution in [2.75, 3.05) is 31.1 Å². The number of carbonyl (C=O) groups excluding carboxylic acids is 2. The molecule has 2 aliphatic heterocycles. The van der Waals surface area contributed by atoms with Crippen molar-refractivity contribution in [3.8, 4) is 0 Å². The first-order chi connectivity index (χ1) is 14.1. The van der Waals surface area contributed by atoms with Crippen LogP contribution < -0.4 is 4.90 Å². The van der Waals surface area contributed by atoms with Gasteiger partial charge in [-0.3, -0.25) is 9.59 Å². The van der Waals surface area contributed by atoms with Crippen molar-refractivity contribution in [2.45, 2.75) is 43.8 Å². The van der Waals surface area contributed by atoms with Crippen molar-refractivity contribution >= 4 is 17.5 Å². The first-order valence-corrected chi connectivity index (χ1v) is 9.94. The summed E-state index contributed by atoms with van der Waals surface area (Å²) in [4.78, 5) is 28.4. The molecule has 1 atom stereocenters. The SMILES string of the molecule is C=C(CN1C(=O)C2(CCC2)c2c(F)cccc21)N1CCN(C(C)=O)C[C@H]1C(F)(F)F. The fourth-order valence-corrected chi connectivity index (χ4v) is 4.84. The number of fused-ring (bicyclic) bond motifs is 2. The Bertz CT molecular complexity index is 910. The summed E-state index contributed by atoms with van der Waals surface area (Å²) >= 11 is 0. The summed E-state index contributed by atoms with van der Waals surface area (Å²) in [5.74, 6) is -1.15. The van der Waals surface area contributed by atoms with Crippen LogP contribution in [0.3, 0.4) is 0 Å². The van der Waals surface area contributed by atoms with E-state index in [9.17, 15) is 27.2 Å². The zero-order valence-corrected chi connectivity index (χ0v) is 16.6. The van der Waals surface area contributed by atoms with Gasteiger partial charge in [-0.1, -0.05) is 19.1 Å². The van der Waals surface area contributed by atoms with Crippen LogP contribution in [0.5, 0.6) is 0 Å². The van der Waals surface area contributed by atoms with Gasteiger partial charge in [-0.05, 0) is 25.0 Å². The molecule has 0 N–H and O–H groups in total. The van der Waals surface area contributed by atoms with Crippen LogP contribution in [0.4, 0.5) is 23.2 Å². The fraction of sp³-hybridized carbons (Fsp3) is 0.524. The van der Waals surface area contributed by atoms with E-state index in [1.807, 2.05) is 0 Å². The van der Waals surface area contributed by atoms with Gasteiger partial charge in [0.1, 0.15) is 11.9 Å². The average molecular weight is 425 g/mol. The van der Waals surface area contributed by atoms with E-state index in [2.05, 4.69) is 6.58 Å².